The van der Waals surface area contributed by atoms with E-state index in [-0.39, 0.29) is 5.91 Å². The molecule has 158 valence electrons. The summed E-state index contributed by atoms with van der Waals surface area (Å²) in [6.07, 6.45) is 6.82. The molecular formula is C21H27N7O2. The minimum Gasteiger partial charge on any atom is -0.381 e. The Morgan fingerprint density at radius 3 is 2.63 bits per heavy atom. The van der Waals surface area contributed by atoms with Crippen molar-refractivity contribution in [2.45, 2.75) is 52.7 Å². The molecular weight excluding hydrogens is 382 g/mol. The molecule has 1 aliphatic rings. The summed E-state index contributed by atoms with van der Waals surface area (Å²) in [7, 11) is 0. The molecule has 30 heavy (non-hydrogen) atoms. The first-order valence-electron chi connectivity index (χ1n) is 10.3. The predicted molar refractivity (Wildman–Crippen MR) is 113 cm³/mol. The molecule has 0 radical (unpaired) electrons. The lowest BCUT2D eigenvalue weighted by molar-refractivity contribution is 0.0904. The van der Waals surface area contributed by atoms with Crippen molar-refractivity contribution in [2.24, 2.45) is 0 Å². The fraction of sp³-hybridized carbons (Fsp3) is 0.476. The third-order valence-corrected chi connectivity index (χ3v) is 5.43. The van der Waals surface area contributed by atoms with Gasteiger partial charge in [-0.3, -0.25) is 4.79 Å². The molecule has 0 spiro atoms. The van der Waals surface area contributed by atoms with Crippen LogP contribution in [0, 0.1) is 13.8 Å². The number of hydrogen-bond donors (Lipinski definition) is 2. The Morgan fingerprint density at radius 1 is 1.20 bits per heavy atom. The van der Waals surface area contributed by atoms with Crippen molar-refractivity contribution in [3.05, 3.63) is 41.2 Å². The van der Waals surface area contributed by atoms with Gasteiger partial charge in [0, 0.05) is 56.0 Å². The number of carbonyl (C=O) groups excluding carboxylic acids is 1. The second-order valence-corrected chi connectivity index (χ2v) is 7.48. The van der Waals surface area contributed by atoms with E-state index in [1.54, 1.807) is 19.3 Å². The molecule has 3 aromatic heterocycles. The number of nitrogens with one attached hydrogen (secondary N) is 2. The Bertz CT molecular complexity index is 1040. The second-order valence-electron chi connectivity index (χ2n) is 7.48. The van der Waals surface area contributed by atoms with Crippen molar-refractivity contribution in [3.63, 3.8) is 0 Å². The third-order valence-electron chi connectivity index (χ3n) is 5.43. The van der Waals surface area contributed by atoms with E-state index in [1.165, 1.54) is 0 Å². The van der Waals surface area contributed by atoms with Gasteiger partial charge in [0.25, 0.3) is 5.91 Å². The highest BCUT2D eigenvalue weighted by molar-refractivity contribution is 5.94. The normalized spacial score (nSPS) is 14.8. The Hall–Kier alpha value is -3.07. The van der Waals surface area contributed by atoms with Crippen LogP contribution in [0.25, 0.3) is 11.0 Å². The van der Waals surface area contributed by atoms with Gasteiger partial charge in [-0.05, 0) is 33.6 Å². The lowest BCUT2D eigenvalue weighted by Gasteiger charge is -2.26. The SMILES string of the molecule is CCn1ncc2c(NC3CCOCC3)c(CNC(=O)c3cnc(C)nc3)c(C)nc21. The summed E-state index contributed by atoms with van der Waals surface area (Å²) >= 11 is 0. The molecule has 1 fully saturated rings. The van der Waals surface area contributed by atoms with E-state index in [0.717, 1.165) is 60.6 Å². The van der Waals surface area contributed by atoms with Gasteiger partial charge in [-0.25, -0.2) is 19.6 Å². The number of amides is 1. The monoisotopic (exact) mass is 409 g/mol. The number of anilines is 1. The summed E-state index contributed by atoms with van der Waals surface area (Å²) in [5.41, 5.74) is 4.11. The standard InChI is InChI=1S/C21H27N7O2/c1-4-28-20-18(12-25-28)19(27-16-5-7-30-8-6-16)17(13(2)26-20)11-24-21(29)15-9-22-14(3)23-10-15/h9-10,12,16H,4-8,11H2,1-3H3,(H,24,29)(H,26,27). The van der Waals surface area contributed by atoms with Crippen LogP contribution in [0.4, 0.5) is 5.69 Å². The van der Waals surface area contributed by atoms with Crippen LogP contribution >= 0.6 is 0 Å². The second kappa shape index (κ2) is 8.74. The lowest BCUT2D eigenvalue weighted by atomic mass is 10.0. The van der Waals surface area contributed by atoms with Gasteiger partial charge in [0.15, 0.2) is 5.65 Å². The number of ether oxygens (including phenoxy) is 1. The van der Waals surface area contributed by atoms with Crippen molar-refractivity contribution in [1.82, 2.24) is 30.0 Å². The van der Waals surface area contributed by atoms with Crippen LogP contribution in [0.3, 0.4) is 0 Å². The third kappa shape index (κ3) is 4.11. The molecule has 0 saturated carbocycles. The predicted octanol–water partition coefficient (Wildman–Crippen LogP) is 2.38. The van der Waals surface area contributed by atoms with E-state index in [2.05, 4.69) is 25.7 Å². The summed E-state index contributed by atoms with van der Waals surface area (Å²) in [5.74, 6) is 0.420. The maximum Gasteiger partial charge on any atom is 0.254 e. The van der Waals surface area contributed by atoms with Gasteiger partial charge in [-0.1, -0.05) is 0 Å². The smallest absolute Gasteiger partial charge is 0.254 e. The molecule has 0 bridgehead atoms. The molecule has 3 aromatic rings. The molecule has 0 atom stereocenters. The van der Waals surface area contributed by atoms with E-state index in [9.17, 15) is 4.79 Å². The summed E-state index contributed by atoms with van der Waals surface area (Å²) in [4.78, 5) is 25.6. The molecule has 9 nitrogen and oxygen atoms in total. The van der Waals surface area contributed by atoms with Crippen LogP contribution in [-0.2, 0) is 17.8 Å². The number of fused-ring (bicyclic) bond motifs is 1. The summed E-state index contributed by atoms with van der Waals surface area (Å²) < 4.78 is 7.39. The zero-order chi connectivity index (χ0) is 21.1. The average Bonchev–Trinajstić information content (AvgIpc) is 3.17. The number of aromatic nitrogens is 5. The van der Waals surface area contributed by atoms with Crippen molar-refractivity contribution in [2.75, 3.05) is 18.5 Å². The van der Waals surface area contributed by atoms with E-state index in [1.807, 2.05) is 24.7 Å². The first kappa shape index (κ1) is 20.2. The summed E-state index contributed by atoms with van der Waals surface area (Å²) in [6.45, 7) is 8.40. The lowest BCUT2D eigenvalue weighted by Crippen LogP contribution is -2.30. The minimum atomic E-state index is -0.212. The Kier molecular flexibility index (Phi) is 5.89. The molecule has 4 rings (SSSR count). The molecule has 2 N–H and O–H groups in total. The van der Waals surface area contributed by atoms with Crippen LogP contribution in [-0.4, -0.2) is 49.9 Å². The van der Waals surface area contributed by atoms with Crippen molar-refractivity contribution in [3.8, 4) is 0 Å². The van der Waals surface area contributed by atoms with Crippen molar-refractivity contribution in [1.29, 1.82) is 0 Å². The van der Waals surface area contributed by atoms with Crippen LogP contribution < -0.4 is 10.6 Å². The van der Waals surface area contributed by atoms with Crippen LogP contribution in [0.5, 0.6) is 0 Å². The molecule has 1 saturated heterocycles. The molecule has 4 heterocycles. The molecule has 9 heteroatoms. The van der Waals surface area contributed by atoms with Crippen molar-refractivity contribution >= 4 is 22.6 Å². The number of hydrogen-bond acceptors (Lipinski definition) is 7. The maximum atomic E-state index is 12.6. The minimum absolute atomic E-state index is 0.212. The topological polar surface area (TPSA) is 107 Å². The van der Waals surface area contributed by atoms with Crippen LogP contribution in [0.2, 0.25) is 0 Å². The summed E-state index contributed by atoms with van der Waals surface area (Å²) in [5, 5.41) is 12.1. The van der Waals surface area contributed by atoms with Gasteiger partial charge in [0.05, 0.1) is 22.8 Å². The molecule has 1 amide bonds. The maximum absolute atomic E-state index is 12.6. The van der Waals surface area contributed by atoms with E-state index in [0.29, 0.717) is 24.0 Å². The quantitative estimate of drug-likeness (QED) is 0.644. The Labute approximate surface area is 175 Å². The highest BCUT2D eigenvalue weighted by Gasteiger charge is 2.21. The van der Waals surface area contributed by atoms with Gasteiger partial charge in [-0.2, -0.15) is 5.10 Å². The van der Waals surface area contributed by atoms with Gasteiger partial charge in [-0.15, -0.1) is 0 Å². The molecule has 0 aromatic carbocycles. The molecule has 0 aliphatic carbocycles. The highest BCUT2D eigenvalue weighted by atomic mass is 16.5. The fourth-order valence-corrected chi connectivity index (χ4v) is 3.68. The zero-order valence-electron chi connectivity index (χ0n) is 17.6. The van der Waals surface area contributed by atoms with Gasteiger partial charge >= 0.3 is 0 Å². The van der Waals surface area contributed by atoms with Crippen LogP contribution in [0.15, 0.2) is 18.6 Å². The number of carbonyl (C=O) groups is 1. The van der Waals surface area contributed by atoms with Crippen LogP contribution in [0.1, 0.15) is 47.2 Å². The van der Waals surface area contributed by atoms with Gasteiger partial charge < -0.3 is 15.4 Å². The first-order chi connectivity index (χ1) is 14.6. The highest BCUT2D eigenvalue weighted by Crippen LogP contribution is 2.30. The zero-order valence-corrected chi connectivity index (χ0v) is 17.6. The van der Waals surface area contributed by atoms with E-state index < -0.39 is 0 Å². The number of aryl methyl sites for hydroxylation is 3. The first-order valence-corrected chi connectivity index (χ1v) is 10.3. The molecule has 0 unspecified atom stereocenters. The number of nitrogens with zero attached hydrogens (tertiary/aromatic N) is 5. The number of rotatable bonds is 6. The van der Waals surface area contributed by atoms with E-state index in [4.69, 9.17) is 9.72 Å². The van der Waals surface area contributed by atoms with Gasteiger partial charge in [0.2, 0.25) is 0 Å². The molecule has 1 aliphatic heterocycles. The number of pyridine rings is 1. The van der Waals surface area contributed by atoms with Gasteiger partial charge in [0.1, 0.15) is 5.82 Å². The average molecular weight is 409 g/mol. The fourth-order valence-electron chi connectivity index (χ4n) is 3.68. The van der Waals surface area contributed by atoms with E-state index >= 15 is 0 Å². The van der Waals surface area contributed by atoms with Crippen molar-refractivity contribution < 1.29 is 9.53 Å². The Morgan fingerprint density at radius 2 is 1.93 bits per heavy atom. The summed E-state index contributed by atoms with van der Waals surface area (Å²) in [6, 6.07) is 0.314. The largest absolute Gasteiger partial charge is 0.381 e. The Balaban J connectivity index is 1.64.